The van der Waals surface area contributed by atoms with Gasteiger partial charge in [-0.3, -0.25) is 9.69 Å². The maximum Gasteiger partial charge on any atom is 0.411 e. The first-order valence-electron chi connectivity index (χ1n) is 12.5. The van der Waals surface area contributed by atoms with Crippen molar-refractivity contribution in [3.05, 3.63) is 60.2 Å². The highest BCUT2D eigenvalue weighted by Gasteiger charge is 2.44. The van der Waals surface area contributed by atoms with Crippen molar-refractivity contribution >= 4 is 12.0 Å². The minimum Gasteiger partial charge on any atom is -0.457 e. The van der Waals surface area contributed by atoms with Gasteiger partial charge in [-0.1, -0.05) is 30.3 Å². The first-order chi connectivity index (χ1) is 17.2. The maximum absolute atomic E-state index is 13.4. The molecule has 0 aliphatic carbocycles. The highest BCUT2D eigenvalue weighted by Crippen LogP contribution is 2.27. The van der Waals surface area contributed by atoms with Gasteiger partial charge in [0.2, 0.25) is 5.91 Å². The van der Waals surface area contributed by atoms with Crippen LogP contribution in [-0.4, -0.2) is 58.6 Å². The summed E-state index contributed by atoms with van der Waals surface area (Å²) in [5, 5.41) is 12.9. The first kappa shape index (κ1) is 25.5. The van der Waals surface area contributed by atoms with Crippen LogP contribution in [0.4, 0.5) is 4.79 Å². The van der Waals surface area contributed by atoms with Crippen LogP contribution in [0.2, 0.25) is 0 Å². The van der Waals surface area contributed by atoms with E-state index >= 15 is 0 Å². The largest absolute Gasteiger partial charge is 0.457 e. The van der Waals surface area contributed by atoms with E-state index in [-0.39, 0.29) is 11.9 Å². The van der Waals surface area contributed by atoms with Gasteiger partial charge in [0, 0.05) is 25.7 Å². The fraction of sp³-hybridized carbons (Fsp3) is 0.464. The van der Waals surface area contributed by atoms with E-state index < -0.39 is 23.8 Å². The summed E-state index contributed by atoms with van der Waals surface area (Å²) >= 11 is 0. The normalized spacial score (nSPS) is 21.8. The van der Waals surface area contributed by atoms with E-state index in [1.54, 1.807) is 4.90 Å². The summed E-state index contributed by atoms with van der Waals surface area (Å²) in [7, 11) is 0. The molecule has 2 fully saturated rings. The lowest BCUT2D eigenvalue weighted by molar-refractivity contribution is -0.135. The van der Waals surface area contributed by atoms with Crippen molar-refractivity contribution in [3.8, 4) is 17.6 Å². The third kappa shape index (κ3) is 6.35. The number of hydrogen-bond acceptors (Lipinski definition) is 6. The highest BCUT2D eigenvalue weighted by atomic mass is 16.6. The number of hydrogen-bond donors (Lipinski definition) is 1. The quantitative estimate of drug-likeness (QED) is 0.642. The fourth-order valence-corrected chi connectivity index (χ4v) is 4.66. The van der Waals surface area contributed by atoms with Gasteiger partial charge in [-0.25, -0.2) is 4.79 Å². The molecule has 8 nitrogen and oxygen atoms in total. The molecule has 2 amide bonds. The highest BCUT2D eigenvalue weighted by molar-refractivity contribution is 5.87. The van der Waals surface area contributed by atoms with Crippen molar-refractivity contribution in [2.45, 2.75) is 70.3 Å². The van der Waals surface area contributed by atoms with Gasteiger partial charge >= 0.3 is 6.09 Å². The molecule has 2 saturated heterocycles. The van der Waals surface area contributed by atoms with Gasteiger partial charge in [0.1, 0.15) is 29.2 Å². The van der Waals surface area contributed by atoms with Crippen molar-refractivity contribution in [2.24, 2.45) is 0 Å². The standard InChI is InChI=1S/C28H34N4O4/c1-28(2,3)36-27(34)32-19-21(16-25(32)26(33)31-15-7-8-22(31)17-29)30-18-20-11-13-24(14-12-20)35-23-9-5-4-6-10-23/h4-6,9-14,21-22,25,30H,7-8,15-16,18-19H2,1-3H3/t21-,22-,25-/m0/s1. The Labute approximate surface area is 212 Å². The molecule has 2 aromatic rings. The number of nitrogens with zero attached hydrogens (tertiary/aromatic N) is 3. The zero-order chi connectivity index (χ0) is 25.7. The van der Waals surface area contributed by atoms with Gasteiger partial charge in [0.15, 0.2) is 0 Å². The summed E-state index contributed by atoms with van der Waals surface area (Å²) in [5.74, 6) is 1.37. The Morgan fingerprint density at radius 2 is 1.75 bits per heavy atom. The van der Waals surface area contributed by atoms with Gasteiger partial charge in [-0.15, -0.1) is 0 Å². The summed E-state index contributed by atoms with van der Waals surface area (Å²) in [5.41, 5.74) is 0.404. The third-order valence-corrected chi connectivity index (χ3v) is 6.40. The average Bonchev–Trinajstić information content (AvgIpc) is 3.50. The van der Waals surface area contributed by atoms with E-state index in [0.717, 1.165) is 23.5 Å². The molecule has 2 aliphatic rings. The lowest BCUT2D eigenvalue weighted by atomic mass is 10.1. The van der Waals surface area contributed by atoms with Crippen LogP contribution in [0.25, 0.3) is 0 Å². The summed E-state index contributed by atoms with van der Waals surface area (Å²) < 4.78 is 11.5. The molecule has 3 atom stereocenters. The second kappa shape index (κ2) is 11.0. The van der Waals surface area contributed by atoms with Gasteiger partial charge in [-0.05, 0) is 69.9 Å². The molecule has 1 N–H and O–H groups in total. The number of nitrogens with one attached hydrogen (secondary N) is 1. The number of benzene rings is 2. The van der Waals surface area contributed by atoms with E-state index in [2.05, 4.69) is 11.4 Å². The lowest BCUT2D eigenvalue weighted by Crippen LogP contribution is -2.50. The van der Waals surface area contributed by atoms with Crippen molar-refractivity contribution in [2.75, 3.05) is 13.1 Å². The second-order valence-corrected chi connectivity index (χ2v) is 10.3. The molecule has 190 valence electrons. The van der Waals surface area contributed by atoms with E-state index in [0.29, 0.717) is 32.5 Å². The number of ether oxygens (including phenoxy) is 2. The SMILES string of the molecule is CC(C)(C)OC(=O)N1C[C@@H](NCc2ccc(Oc3ccccc3)cc2)C[C@H]1C(=O)N1CCC[C@H]1C#N. The Morgan fingerprint density at radius 1 is 1.06 bits per heavy atom. The minimum absolute atomic E-state index is 0.0742. The van der Waals surface area contributed by atoms with Crippen LogP contribution in [0.15, 0.2) is 54.6 Å². The van der Waals surface area contributed by atoms with Gasteiger partial charge in [0.25, 0.3) is 0 Å². The predicted octanol–water partition coefficient (Wildman–Crippen LogP) is 4.46. The van der Waals surface area contributed by atoms with E-state index in [1.165, 1.54) is 4.90 Å². The number of amides is 2. The van der Waals surface area contributed by atoms with Crippen LogP contribution in [0.1, 0.15) is 45.6 Å². The summed E-state index contributed by atoms with van der Waals surface area (Å²) in [6, 6.07) is 18.5. The van der Waals surface area contributed by atoms with Crippen molar-refractivity contribution in [3.63, 3.8) is 0 Å². The molecule has 2 aromatic carbocycles. The van der Waals surface area contributed by atoms with Gasteiger partial charge in [0.05, 0.1) is 6.07 Å². The Hall–Kier alpha value is -3.57. The van der Waals surface area contributed by atoms with Crippen molar-refractivity contribution < 1.29 is 19.1 Å². The molecule has 36 heavy (non-hydrogen) atoms. The summed E-state index contributed by atoms with van der Waals surface area (Å²) in [6.07, 6.45) is 1.45. The van der Waals surface area contributed by atoms with Gasteiger partial charge in [-0.2, -0.15) is 5.26 Å². The first-order valence-corrected chi connectivity index (χ1v) is 12.5. The smallest absolute Gasteiger partial charge is 0.411 e. The number of rotatable bonds is 6. The maximum atomic E-state index is 13.4. The Morgan fingerprint density at radius 3 is 2.42 bits per heavy atom. The molecular formula is C28H34N4O4. The Kier molecular flexibility index (Phi) is 7.80. The van der Waals surface area contributed by atoms with Crippen LogP contribution in [0.5, 0.6) is 11.5 Å². The van der Waals surface area contributed by atoms with Crippen LogP contribution in [-0.2, 0) is 16.1 Å². The molecule has 0 spiro atoms. The Bertz CT molecular complexity index is 1090. The monoisotopic (exact) mass is 490 g/mol. The van der Waals surface area contributed by atoms with Crippen LogP contribution in [0.3, 0.4) is 0 Å². The molecule has 0 radical (unpaired) electrons. The summed E-state index contributed by atoms with van der Waals surface area (Å²) in [6.45, 7) is 6.93. The fourth-order valence-electron chi connectivity index (χ4n) is 4.66. The van der Waals surface area contributed by atoms with Crippen molar-refractivity contribution in [1.82, 2.24) is 15.1 Å². The number of carbonyl (C=O) groups excluding carboxylic acids is 2. The predicted molar refractivity (Wildman–Crippen MR) is 135 cm³/mol. The topological polar surface area (TPSA) is 94.9 Å². The van der Waals surface area contributed by atoms with E-state index in [9.17, 15) is 14.9 Å². The number of nitriles is 1. The molecule has 0 bridgehead atoms. The van der Waals surface area contributed by atoms with Crippen LogP contribution < -0.4 is 10.1 Å². The number of likely N-dealkylation sites (tertiary alicyclic amines) is 2. The molecule has 2 aliphatic heterocycles. The molecule has 4 rings (SSSR count). The minimum atomic E-state index is -0.664. The number of carbonyl (C=O) groups is 2. The van der Waals surface area contributed by atoms with E-state index in [4.69, 9.17) is 9.47 Å². The molecule has 0 saturated carbocycles. The zero-order valence-corrected chi connectivity index (χ0v) is 21.1. The third-order valence-electron chi connectivity index (χ3n) is 6.40. The molecule has 0 aromatic heterocycles. The molecular weight excluding hydrogens is 456 g/mol. The number of para-hydroxylation sites is 1. The lowest BCUT2D eigenvalue weighted by Gasteiger charge is -2.30. The van der Waals surface area contributed by atoms with Gasteiger partial charge < -0.3 is 19.7 Å². The molecule has 2 heterocycles. The summed E-state index contributed by atoms with van der Waals surface area (Å²) in [4.78, 5) is 29.5. The second-order valence-electron chi connectivity index (χ2n) is 10.3. The Balaban J connectivity index is 1.39. The van der Waals surface area contributed by atoms with Crippen LogP contribution in [0, 0.1) is 11.3 Å². The van der Waals surface area contributed by atoms with Crippen molar-refractivity contribution in [1.29, 1.82) is 5.26 Å². The van der Waals surface area contributed by atoms with Crippen LogP contribution >= 0.6 is 0 Å². The van der Waals surface area contributed by atoms with E-state index in [1.807, 2.05) is 75.4 Å². The zero-order valence-electron chi connectivity index (χ0n) is 21.1. The average molecular weight is 491 g/mol. The molecule has 8 heteroatoms. The molecule has 0 unspecified atom stereocenters.